The molecule has 2 rings (SSSR count). The van der Waals surface area contributed by atoms with Crippen LogP contribution in [0.5, 0.6) is 0 Å². The Bertz CT molecular complexity index is 516. The molecule has 1 aliphatic heterocycles. The van der Waals surface area contributed by atoms with Crippen molar-refractivity contribution in [1.29, 1.82) is 0 Å². The Morgan fingerprint density at radius 1 is 1.37 bits per heavy atom. The highest BCUT2D eigenvalue weighted by molar-refractivity contribution is 5.94. The normalized spacial score (nSPS) is 19.2. The van der Waals surface area contributed by atoms with Crippen LogP contribution in [0.25, 0.3) is 0 Å². The van der Waals surface area contributed by atoms with Gasteiger partial charge in [-0.2, -0.15) is 0 Å². The zero-order chi connectivity index (χ0) is 14.0. The highest BCUT2D eigenvalue weighted by Gasteiger charge is 2.24. The average molecular weight is 263 g/mol. The molecule has 0 aromatic heterocycles. The van der Waals surface area contributed by atoms with Crippen LogP contribution in [0, 0.1) is 5.92 Å². The van der Waals surface area contributed by atoms with Crippen LogP contribution in [0.4, 0.5) is 11.4 Å². The second-order valence-corrected chi connectivity index (χ2v) is 4.76. The van der Waals surface area contributed by atoms with Crippen LogP contribution in [-0.4, -0.2) is 30.1 Å². The van der Waals surface area contributed by atoms with Gasteiger partial charge in [-0.25, -0.2) is 4.79 Å². The van der Waals surface area contributed by atoms with Crippen molar-refractivity contribution in [2.24, 2.45) is 11.7 Å². The van der Waals surface area contributed by atoms with Crippen molar-refractivity contribution in [3.05, 3.63) is 23.8 Å². The number of hydrogen-bond acceptors (Lipinski definition) is 4. The van der Waals surface area contributed by atoms with Crippen molar-refractivity contribution in [1.82, 2.24) is 0 Å². The minimum Gasteiger partial charge on any atom is -0.478 e. The zero-order valence-electron chi connectivity index (χ0n) is 10.5. The number of carboxylic acids is 1. The van der Waals surface area contributed by atoms with Gasteiger partial charge in [0.25, 0.3) is 0 Å². The molecule has 6 heteroatoms. The summed E-state index contributed by atoms with van der Waals surface area (Å²) in [5.41, 5.74) is 12.2. The summed E-state index contributed by atoms with van der Waals surface area (Å²) in [6.45, 7) is 1.37. The summed E-state index contributed by atoms with van der Waals surface area (Å²) in [6.07, 6.45) is 1.68. The van der Waals surface area contributed by atoms with E-state index in [4.69, 9.17) is 16.6 Å². The van der Waals surface area contributed by atoms with Crippen LogP contribution < -0.4 is 16.4 Å². The molecule has 1 amide bonds. The van der Waals surface area contributed by atoms with Gasteiger partial charge in [-0.3, -0.25) is 4.79 Å². The van der Waals surface area contributed by atoms with Crippen molar-refractivity contribution in [3.63, 3.8) is 0 Å². The summed E-state index contributed by atoms with van der Waals surface area (Å²) < 4.78 is 0. The maximum absolute atomic E-state index is 11.2. The van der Waals surface area contributed by atoms with E-state index >= 15 is 0 Å². The van der Waals surface area contributed by atoms with Crippen molar-refractivity contribution in [2.75, 3.05) is 23.7 Å². The number of anilines is 2. The maximum Gasteiger partial charge on any atom is 0.337 e. The number of nitrogen functional groups attached to an aromatic ring is 1. The number of hydrogen-bond donors (Lipinski definition) is 3. The molecule has 1 atom stereocenters. The Labute approximate surface area is 111 Å². The standard InChI is InChI=1S/C13H17N3O3/c14-11-6-9(3-4-10(11)13(18)19)16-5-1-2-8(7-16)12(15)17/h3-4,6,8H,1-2,5,7,14H2,(H2,15,17)(H,18,19). The monoisotopic (exact) mass is 263 g/mol. The number of piperidine rings is 1. The lowest BCUT2D eigenvalue weighted by molar-refractivity contribution is -0.122. The van der Waals surface area contributed by atoms with E-state index in [9.17, 15) is 9.59 Å². The molecule has 1 aromatic carbocycles. The summed E-state index contributed by atoms with van der Waals surface area (Å²) in [7, 11) is 0. The minimum atomic E-state index is -1.04. The first-order valence-corrected chi connectivity index (χ1v) is 6.16. The molecule has 1 aromatic rings. The number of benzene rings is 1. The van der Waals surface area contributed by atoms with E-state index < -0.39 is 5.97 Å². The summed E-state index contributed by atoms with van der Waals surface area (Å²) in [4.78, 5) is 24.1. The predicted molar refractivity (Wildman–Crippen MR) is 71.9 cm³/mol. The van der Waals surface area contributed by atoms with E-state index in [1.54, 1.807) is 12.1 Å². The first kappa shape index (κ1) is 13.2. The van der Waals surface area contributed by atoms with Gasteiger partial charge >= 0.3 is 5.97 Å². The average Bonchev–Trinajstić information content (AvgIpc) is 2.38. The first-order chi connectivity index (χ1) is 8.99. The van der Waals surface area contributed by atoms with Crippen molar-refractivity contribution in [3.8, 4) is 0 Å². The van der Waals surface area contributed by atoms with Crippen LogP contribution in [0.1, 0.15) is 23.2 Å². The second kappa shape index (κ2) is 5.17. The highest BCUT2D eigenvalue weighted by atomic mass is 16.4. The molecule has 0 aliphatic carbocycles. The number of primary amides is 1. The third-order valence-corrected chi connectivity index (χ3v) is 3.45. The smallest absolute Gasteiger partial charge is 0.337 e. The van der Waals surface area contributed by atoms with Crippen molar-refractivity contribution in [2.45, 2.75) is 12.8 Å². The molecule has 102 valence electrons. The fourth-order valence-electron chi connectivity index (χ4n) is 2.39. The quantitative estimate of drug-likeness (QED) is 0.694. The molecule has 1 fully saturated rings. The Balaban J connectivity index is 2.20. The van der Waals surface area contributed by atoms with Crippen LogP contribution in [-0.2, 0) is 4.79 Å². The number of carboxylic acid groups (broad SMARTS) is 1. The van der Waals surface area contributed by atoms with Gasteiger partial charge in [0.15, 0.2) is 0 Å². The fourth-order valence-corrected chi connectivity index (χ4v) is 2.39. The molecular weight excluding hydrogens is 246 g/mol. The van der Waals surface area contributed by atoms with Crippen molar-refractivity contribution < 1.29 is 14.7 Å². The van der Waals surface area contributed by atoms with Crippen LogP contribution >= 0.6 is 0 Å². The number of carbonyl (C=O) groups is 2. The van der Waals surface area contributed by atoms with E-state index in [0.717, 1.165) is 25.1 Å². The molecule has 0 bridgehead atoms. The van der Waals surface area contributed by atoms with Crippen LogP contribution in [0.2, 0.25) is 0 Å². The van der Waals surface area contributed by atoms with Crippen LogP contribution in [0.3, 0.4) is 0 Å². The summed E-state index contributed by atoms with van der Waals surface area (Å²) in [5, 5.41) is 8.93. The summed E-state index contributed by atoms with van der Waals surface area (Å²) >= 11 is 0. The van der Waals surface area contributed by atoms with Crippen LogP contribution in [0.15, 0.2) is 18.2 Å². The maximum atomic E-state index is 11.2. The molecule has 6 nitrogen and oxygen atoms in total. The van der Waals surface area contributed by atoms with Crippen molar-refractivity contribution >= 4 is 23.3 Å². The number of aromatic carboxylic acids is 1. The molecule has 19 heavy (non-hydrogen) atoms. The van der Waals surface area contributed by atoms with Gasteiger partial charge in [0.05, 0.1) is 11.5 Å². The van der Waals surface area contributed by atoms with E-state index in [1.807, 2.05) is 4.90 Å². The topological polar surface area (TPSA) is 110 Å². The van der Waals surface area contributed by atoms with Gasteiger partial charge in [0.1, 0.15) is 0 Å². The number of nitrogens with two attached hydrogens (primary N) is 2. The van der Waals surface area contributed by atoms with Gasteiger partial charge in [-0.1, -0.05) is 0 Å². The molecule has 0 radical (unpaired) electrons. The molecule has 5 N–H and O–H groups in total. The van der Waals surface area contributed by atoms with E-state index in [0.29, 0.717) is 6.54 Å². The number of nitrogens with zero attached hydrogens (tertiary/aromatic N) is 1. The Morgan fingerprint density at radius 2 is 2.11 bits per heavy atom. The lowest BCUT2D eigenvalue weighted by Crippen LogP contribution is -2.41. The number of carbonyl (C=O) groups excluding carboxylic acids is 1. The third kappa shape index (κ3) is 2.78. The molecule has 1 heterocycles. The third-order valence-electron chi connectivity index (χ3n) is 3.45. The molecule has 0 saturated carbocycles. The second-order valence-electron chi connectivity index (χ2n) is 4.76. The molecule has 0 spiro atoms. The lowest BCUT2D eigenvalue weighted by Gasteiger charge is -2.33. The summed E-state index contributed by atoms with van der Waals surface area (Å²) in [5.74, 6) is -1.49. The molecule has 1 unspecified atom stereocenters. The lowest BCUT2D eigenvalue weighted by atomic mass is 9.97. The van der Waals surface area contributed by atoms with Gasteiger partial charge < -0.3 is 21.5 Å². The SMILES string of the molecule is NC(=O)C1CCCN(c2ccc(C(=O)O)c(N)c2)C1. The first-order valence-electron chi connectivity index (χ1n) is 6.16. The molecular formula is C13H17N3O3. The molecule has 1 saturated heterocycles. The van der Waals surface area contributed by atoms with Gasteiger partial charge in [-0.05, 0) is 31.0 Å². The zero-order valence-corrected chi connectivity index (χ0v) is 10.5. The van der Waals surface area contributed by atoms with E-state index in [1.165, 1.54) is 6.07 Å². The van der Waals surface area contributed by atoms with E-state index in [-0.39, 0.29) is 23.1 Å². The Kier molecular flexibility index (Phi) is 3.59. The van der Waals surface area contributed by atoms with Gasteiger partial charge in [-0.15, -0.1) is 0 Å². The van der Waals surface area contributed by atoms with E-state index in [2.05, 4.69) is 0 Å². The Hall–Kier alpha value is -2.24. The number of rotatable bonds is 3. The highest BCUT2D eigenvalue weighted by Crippen LogP contribution is 2.26. The predicted octanol–water partition coefficient (Wildman–Crippen LogP) is 0.669. The largest absolute Gasteiger partial charge is 0.478 e. The molecule has 1 aliphatic rings. The Morgan fingerprint density at radius 3 is 2.68 bits per heavy atom. The minimum absolute atomic E-state index is 0.0900. The van der Waals surface area contributed by atoms with Gasteiger partial charge in [0, 0.05) is 24.5 Å². The number of amides is 1. The summed E-state index contributed by atoms with van der Waals surface area (Å²) in [6, 6.07) is 4.83. The van der Waals surface area contributed by atoms with Gasteiger partial charge in [0.2, 0.25) is 5.91 Å². The fraction of sp³-hybridized carbons (Fsp3) is 0.385.